The summed E-state index contributed by atoms with van der Waals surface area (Å²) in [6, 6.07) is 0.122. The number of hydrogen-bond donors (Lipinski definition) is 1. The van der Waals surface area contributed by atoms with Gasteiger partial charge in [0.05, 0.1) is 12.1 Å². The fourth-order valence-corrected chi connectivity index (χ4v) is 2.20. The van der Waals surface area contributed by atoms with E-state index < -0.39 is 0 Å². The summed E-state index contributed by atoms with van der Waals surface area (Å²) in [5.41, 5.74) is 0. The molecular formula is C11H17N3O2. The van der Waals surface area contributed by atoms with Crippen molar-refractivity contribution in [2.24, 2.45) is 0 Å². The summed E-state index contributed by atoms with van der Waals surface area (Å²) in [5, 5.41) is 13.5. The Kier molecular flexibility index (Phi) is 2.44. The van der Waals surface area contributed by atoms with Gasteiger partial charge in [-0.05, 0) is 26.2 Å². The lowest BCUT2D eigenvalue weighted by atomic mass is 10.3. The fraction of sp³-hybridized carbons (Fsp3) is 0.818. The predicted molar refractivity (Wildman–Crippen MR) is 56.9 cm³/mol. The van der Waals surface area contributed by atoms with Crippen molar-refractivity contribution in [2.75, 3.05) is 13.1 Å². The molecule has 5 nitrogen and oxygen atoms in total. The maximum atomic E-state index is 9.49. The van der Waals surface area contributed by atoms with Crippen molar-refractivity contribution < 1.29 is 9.63 Å². The second-order valence-electron chi connectivity index (χ2n) is 4.88. The zero-order valence-corrected chi connectivity index (χ0v) is 9.46. The molecule has 5 heteroatoms. The van der Waals surface area contributed by atoms with Crippen molar-refractivity contribution in [2.45, 2.75) is 44.2 Å². The Bertz CT molecular complexity index is 375. The summed E-state index contributed by atoms with van der Waals surface area (Å²) in [6.45, 7) is 3.67. The second kappa shape index (κ2) is 3.82. The van der Waals surface area contributed by atoms with Crippen LogP contribution >= 0.6 is 0 Å². The molecule has 3 rings (SSSR count). The van der Waals surface area contributed by atoms with E-state index in [2.05, 4.69) is 22.0 Å². The van der Waals surface area contributed by atoms with Gasteiger partial charge in [-0.3, -0.25) is 4.90 Å². The van der Waals surface area contributed by atoms with Gasteiger partial charge in [-0.2, -0.15) is 4.98 Å². The maximum absolute atomic E-state index is 9.49. The van der Waals surface area contributed by atoms with Crippen LogP contribution in [0.1, 0.15) is 49.9 Å². The quantitative estimate of drug-likeness (QED) is 0.830. The third-order valence-corrected chi connectivity index (χ3v) is 3.50. The van der Waals surface area contributed by atoms with Crippen molar-refractivity contribution >= 4 is 0 Å². The van der Waals surface area contributed by atoms with Crippen molar-refractivity contribution in [3.05, 3.63) is 11.7 Å². The van der Waals surface area contributed by atoms with Crippen molar-refractivity contribution in [1.29, 1.82) is 0 Å². The molecule has 16 heavy (non-hydrogen) atoms. The van der Waals surface area contributed by atoms with Crippen molar-refractivity contribution in [3.63, 3.8) is 0 Å². The Morgan fingerprint density at radius 2 is 2.25 bits per heavy atom. The number of hydrogen-bond acceptors (Lipinski definition) is 5. The van der Waals surface area contributed by atoms with Crippen molar-refractivity contribution in [1.82, 2.24) is 15.0 Å². The largest absolute Gasteiger partial charge is 0.392 e. The molecule has 1 aliphatic carbocycles. The van der Waals surface area contributed by atoms with Crippen molar-refractivity contribution in [3.8, 4) is 0 Å². The zero-order chi connectivity index (χ0) is 11.1. The van der Waals surface area contributed by atoms with Crippen LogP contribution in [0.4, 0.5) is 0 Å². The van der Waals surface area contributed by atoms with Gasteiger partial charge in [0, 0.05) is 19.0 Å². The Morgan fingerprint density at radius 1 is 1.44 bits per heavy atom. The topological polar surface area (TPSA) is 62.4 Å². The first kappa shape index (κ1) is 10.2. The number of aliphatic hydroxyl groups excluding tert-OH is 1. The molecule has 1 saturated carbocycles. The van der Waals surface area contributed by atoms with Gasteiger partial charge in [0.1, 0.15) is 0 Å². The van der Waals surface area contributed by atoms with Gasteiger partial charge in [-0.25, -0.2) is 0 Å². The number of aromatic nitrogens is 2. The summed E-state index contributed by atoms with van der Waals surface area (Å²) in [7, 11) is 0. The number of β-amino-alcohol motifs (C(OH)–C–C–N with tert-alkyl or cyclic N) is 1. The summed E-state index contributed by atoms with van der Waals surface area (Å²) in [6.07, 6.45) is 3.02. The lowest BCUT2D eigenvalue weighted by Crippen LogP contribution is -2.25. The van der Waals surface area contributed by atoms with Crippen LogP contribution in [-0.2, 0) is 0 Å². The molecule has 0 amide bonds. The van der Waals surface area contributed by atoms with Crippen LogP contribution in [0.5, 0.6) is 0 Å². The monoisotopic (exact) mass is 223 g/mol. The molecule has 1 aromatic rings. The molecular weight excluding hydrogens is 206 g/mol. The Hall–Kier alpha value is -0.940. The lowest BCUT2D eigenvalue weighted by Gasteiger charge is -2.19. The van der Waals surface area contributed by atoms with Gasteiger partial charge in [0.15, 0.2) is 5.82 Å². The number of rotatable bonds is 3. The first-order chi connectivity index (χ1) is 7.74. The van der Waals surface area contributed by atoms with Crippen LogP contribution in [0.15, 0.2) is 4.52 Å². The summed E-state index contributed by atoms with van der Waals surface area (Å²) in [5.74, 6) is 2.09. The molecule has 0 bridgehead atoms. The summed E-state index contributed by atoms with van der Waals surface area (Å²) >= 11 is 0. The highest BCUT2D eigenvalue weighted by atomic mass is 16.5. The highest BCUT2D eigenvalue weighted by Crippen LogP contribution is 2.38. The molecule has 2 fully saturated rings. The number of nitrogens with zero attached hydrogens (tertiary/aromatic N) is 3. The van der Waals surface area contributed by atoms with Gasteiger partial charge in [0.25, 0.3) is 0 Å². The van der Waals surface area contributed by atoms with E-state index in [9.17, 15) is 5.11 Å². The molecule has 2 aliphatic rings. The third-order valence-electron chi connectivity index (χ3n) is 3.50. The highest BCUT2D eigenvalue weighted by molar-refractivity contribution is 5.05. The second-order valence-corrected chi connectivity index (χ2v) is 4.88. The molecule has 1 N–H and O–H groups in total. The molecule has 0 radical (unpaired) electrons. The molecule has 1 unspecified atom stereocenters. The molecule has 1 aliphatic heterocycles. The van der Waals surface area contributed by atoms with E-state index in [1.807, 2.05) is 0 Å². The minimum absolute atomic E-state index is 0.122. The fourth-order valence-electron chi connectivity index (χ4n) is 2.20. The molecule has 2 atom stereocenters. The van der Waals surface area contributed by atoms with Gasteiger partial charge in [-0.1, -0.05) is 5.16 Å². The molecule has 88 valence electrons. The third kappa shape index (κ3) is 1.85. The minimum Gasteiger partial charge on any atom is -0.392 e. The molecule has 1 aromatic heterocycles. The van der Waals surface area contributed by atoms with E-state index in [4.69, 9.17) is 4.52 Å². The van der Waals surface area contributed by atoms with Gasteiger partial charge < -0.3 is 9.63 Å². The standard InChI is InChI=1S/C11H17N3O2/c1-7(14-5-4-9(15)6-14)11-12-10(13-16-11)8-2-3-8/h7-9,15H,2-6H2,1H3/t7?,9-/m0/s1. The Labute approximate surface area is 94.4 Å². The van der Waals surface area contributed by atoms with E-state index in [0.717, 1.165) is 18.8 Å². The Morgan fingerprint density at radius 3 is 2.88 bits per heavy atom. The maximum Gasteiger partial charge on any atom is 0.243 e. The average Bonchev–Trinajstić information content (AvgIpc) is 2.86. The van der Waals surface area contributed by atoms with E-state index >= 15 is 0 Å². The molecule has 1 saturated heterocycles. The van der Waals surface area contributed by atoms with Crippen LogP contribution in [0.25, 0.3) is 0 Å². The predicted octanol–water partition coefficient (Wildman–Crippen LogP) is 1.07. The number of likely N-dealkylation sites (tertiary alicyclic amines) is 1. The van der Waals surface area contributed by atoms with Gasteiger partial charge >= 0.3 is 0 Å². The number of aliphatic hydroxyl groups is 1. The smallest absolute Gasteiger partial charge is 0.243 e. The normalized spacial score (nSPS) is 28.5. The SMILES string of the molecule is CC(c1nc(C2CC2)no1)N1CC[C@H](O)C1. The van der Waals surface area contributed by atoms with Crippen LogP contribution in [0, 0.1) is 0 Å². The lowest BCUT2D eigenvalue weighted by molar-refractivity contribution is 0.151. The first-order valence-corrected chi connectivity index (χ1v) is 5.99. The summed E-state index contributed by atoms with van der Waals surface area (Å²) in [4.78, 5) is 6.63. The van der Waals surface area contributed by atoms with Crippen LogP contribution in [0.3, 0.4) is 0 Å². The van der Waals surface area contributed by atoms with Crippen LogP contribution in [-0.4, -0.2) is 39.3 Å². The molecule has 0 spiro atoms. The highest BCUT2D eigenvalue weighted by Gasteiger charge is 2.32. The van der Waals surface area contributed by atoms with Gasteiger partial charge in [-0.15, -0.1) is 0 Å². The van der Waals surface area contributed by atoms with Crippen LogP contribution < -0.4 is 0 Å². The van der Waals surface area contributed by atoms with Gasteiger partial charge in [0.2, 0.25) is 5.89 Å². The van der Waals surface area contributed by atoms with E-state index in [-0.39, 0.29) is 12.1 Å². The van der Waals surface area contributed by atoms with E-state index in [0.29, 0.717) is 18.4 Å². The molecule has 2 heterocycles. The Balaban J connectivity index is 1.70. The average molecular weight is 223 g/mol. The molecule has 0 aromatic carbocycles. The van der Waals surface area contributed by atoms with E-state index in [1.54, 1.807) is 0 Å². The minimum atomic E-state index is -0.201. The summed E-state index contributed by atoms with van der Waals surface area (Å²) < 4.78 is 5.29. The van der Waals surface area contributed by atoms with Crippen LogP contribution in [0.2, 0.25) is 0 Å². The first-order valence-electron chi connectivity index (χ1n) is 5.99. The van der Waals surface area contributed by atoms with E-state index in [1.165, 1.54) is 12.8 Å². The zero-order valence-electron chi connectivity index (χ0n) is 9.46.